The first-order chi connectivity index (χ1) is 8.65. The number of nitrogens with one attached hydrogen (secondary N) is 1. The highest BCUT2D eigenvalue weighted by atomic mass is 79.9. The molecule has 0 bridgehead atoms. The number of nitrogens with zero attached hydrogens (tertiary/aromatic N) is 2. The monoisotopic (exact) mass is 311 g/mol. The van der Waals surface area contributed by atoms with E-state index in [-0.39, 0.29) is 0 Å². The van der Waals surface area contributed by atoms with Gasteiger partial charge in [0.05, 0.1) is 4.92 Å². The van der Waals surface area contributed by atoms with E-state index in [0.29, 0.717) is 12.4 Å². The molecule has 0 aliphatic carbocycles. The van der Waals surface area contributed by atoms with Crippen LogP contribution in [0.25, 0.3) is 0 Å². The summed E-state index contributed by atoms with van der Waals surface area (Å²) in [6, 6.07) is 7.98. The fraction of sp³-hybridized carbons (Fsp3) is 0.333. The topological polar surface area (TPSA) is 58.4 Å². The van der Waals surface area contributed by atoms with Crippen LogP contribution in [0.1, 0.15) is 12.0 Å². The second kappa shape index (κ2) is 5.86. The first kappa shape index (κ1) is 12.9. The van der Waals surface area contributed by atoms with E-state index in [1.165, 1.54) is 0 Å². The molecular weight excluding hydrogens is 298 g/mol. The summed E-state index contributed by atoms with van der Waals surface area (Å²) in [5, 5.41) is 13.6. The lowest BCUT2D eigenvalue weighted by molar-refractivity contribution is -0.405. The van der Waals surface area contributed by atoms with E-state index in [1.807, 2.05) is 29.2 Å². The van der Waals surface area contributed by atoms with Crippen molar-refractivity contribution in [3.05, 3.63) is 56.4 Å². The highest BCUT2D eigenvalue weighted by Gasteiger charge is 2.17. The molecule has 1 aromatic carbocycles. The van der Waals surface area contributed by atoms with Gasteiger partial charge in [-0.3, -0.25) is 10.1 Å². The fourth-order valence-electron chi connectivity index (χ4n) is 1.92. The predicted molar refractivity (Wildman–Crippen MR) is 72.2 cm³/mol. The van der Waals surface area contributed by atoms with Gasteiger partial charge >= 0.3 is 0 Å². The molecule has 0 spiro atoms. The van der Waals surface area contributed by atoms with Gasteiger partial charge in [-0.15, -0.1) is 0 Å². The standard InChI is InChI=1S/C12H14BrN3O2/c13-11-4-2-10(3-5-11)8-15-7-1-6-14-12(15)9-16(17)18/h2-5,9,14H,1,6-8H2. The van der Waals surface area contributed by atoms with Crippen LogP contribution in [0.4, 0.5) is 0 Å². The molecule has 0 atom stereocenters. The Balaban J connectivity index is 2.10. The normalized spacial score (nSPS) is 17.6. The summed E-state index contributed by atoms with van der Waals surface area (Å²) < 4.78 is 1.03. The van der Waals surface area contributed by atoms with Crippen LogP contribution in [0.5, 0.6) is 0 Å². The minimum atomic E-state index is -0.414. The van der Waals surface area contributed by atoms with Gasteiger partial charge in [-0.25, -0.2) is 0 Å². The summed E-state index contributed by atoms with van der Waals surface area (Å²) in [6.45, 7) is 2.30. The highest BCUT2D eigenvalue weighted by molar-refractivity contribution is 9.10. The van der Waals surface area contributed by atoms with Crippen LogP contribution < -0.4 is 5.32 Å². The maximum atomic E-state index is 10.6. The Labute approximate surface area is 114 Å². The van der Waals surface area contributed by atoms with Crippen molar-refractivity contribution < 1.29 is 4.92 Å². The quantitative estimate of drug-likeness (QED) is 0.687. The maximum absolute atomic E-state index is 10.6. The molecule has 6 heteroatoms. The van der Waals surface area contributed by atoms with Gasteiger partial charge in [0.2, 0.25) is 0 Å². The average molecular weight is 312 g/mol. The van der Waals surface area contributed by atoms with E-state index in [4.69, 9.17) is 0 Å². The van der Waals surface area contributed by atoms with Crippen LogP contribution in [0.3, 0.4) is 0 Å². The minimum Gasteiger partial charge on any atom is -0.367 e. The molecule has 0 saturated carbocycles. The Hall–Kier alpha value is -1.56. The summed E-state index contributed by atoms with van der Waals surface area (Å²) in [5.74, 6) is 0.592. The number of hydrogen-bond acceptors (Lipinski definition) is 4. The molecule has 1 aromatic rings. The van der Waals surface area contributed by atoms with Crippen LogP contribution >= 0.6 is 15.9 Å². The fourth-order valence-corrected chi connectivity index (χ4v) is 2.18. The van der Waals surface area contributed by atoms with Crippen LogP contribution in [0.15, 0.2) is 40.8 Å². The molecule has 1 aliphatic rings. The Bertz CT molecular complexity index is 459. The van der Waals surface area contributed by atoms with Crippen molar-refractivity contribution in [2.24, 2.45) is 0 Å². The third kappa shape index (κ3) is 3.46. The summed E-state index contributed by atoms with van der Waals surface area (Å²) in [6.07, 6.45) is 2.03. The molecule has 0 radical (unpaired) electrons. The zero-order chi connectivity index (χ0) is 13.0. The van der Waals surface area contributed by atoms with Crippen LogP contribution in [-0.2, 0) is 6.54 Å². The first-order valence-corrected chi connectivity index (χ1v) is 6.53. The molecular formula is C12H14BrN3O2. The lowest BCUT2D eigenvalue weighted by Crippen LogP contribution is -2.39. The predicted octanol–water partition coefficient (Wildman–Crippen LogP) is 2.32. The van der Waals surface area contributed by atoms with Crippen molar-refractivity contribution >= 4 is 15.9 Å². The summed E-state index contributed by atoms with van der Waals surface area (Å²) in [5.41, 5.74) is 1.14. The van der Waals surface area contributed by atoms with Crippen molar-refractivity contribution in [2.75, 3.05) is 13.1 Å². The number of rotatable bonds is 3. The Kier molecular flexibility index (Phi) is 4.19. The van der Waals surface area contributed by atoms with E-state index < -0.39 is 4.92 Å². The van der Waals surface area contributed by atoms with E-state index >= 15 is 0 Å². The van der Waals surface area contributed by atoms with Crippen LogP contribution in [0.2, 0.25) is 0 Å². The van der Waals surface area contributed by atoms with Gasteiger partial charge in [0.25, 0.3) is 6.20 Å². The number of hydrogen-bond donors (Lipinski definition) is 1. The molecule has 1 N–H and O–H groups in total. The van der Waals surface area contributed by atoms with E-state index in [9.17, 15) is 10.1 Å². The van der Waals surface area contributed by atoms with Gasteiger partial charge < -0.3 is 10.2 Å². The van der Waals surface area contributed by atoms with Gasteiger partial charge in [-0.05, 0) is 24.1 Å². The molecule has 18 heavy (non-hydrogen) atoms. The lowest BCUT2D eigenvalue weighted by atomic mass is 10.2. The first-order valence-electron chi connectivity index (χ1n) is 5.74. The molecule has 1 aliphatic heterocycles. The third-order valence-corrected chi connectivity index (χ3v) is 3.29. The molecule has 1 heterocycles. The summed E-state index contributed by atoms with van der Waals surface area (Å²) >= 11 is 3.39. The van der Waals surface area contributed by atoms with Crippen LogP contribution in [0, 0.1) is 10.1 Å². The Morgan fingerprint density at radius 2 is 2.17 bits per heavy atom. The van der Waals surface area contributed by atoms with Crippen molar-refractivity contribution in [1.82, 2.24) is 10.2 Å². The molecule has 0 amide bonds. The van der Waals surface area contributed by atoms with E-state index in [2.05, 4.69) is 21.2 Å². The molecule has 0 aromatic heterocycles. The Morgan fingerprint density at radius 1 is 1.44 bits per heavy atom. The molecule has 96 valence electrons. The van der Waals surface area contributed by atoms with Crippen molar-refractivity contribution in [1.29, 1.82) is 0 Å². The van der Waals surface area contributed by atoms with Crippen molar-refractivity contribution in [3.63, 3.8) is 0 Å². The maximum Gasteiger partial charge on any atom is 0.274 e. The molecule has 1 fully saturated rings. The van der Waals surface area contributed by atoms with E-state index in [1.54, 1.807) is 0 Å². The molecule has 0 unspecified atom stereocenters. The zero-order valence-corrected chi connectivity index (χ0v) is 11.4. The smallest absolute Gasteiger partial charge is 0.274 e. The van der Waals surface area contributed by atoms with Gasteiger partial charge in [0.15, 0.2) is 5.82 Å². The molecule has 1 saturated heterocycles. The van der Waals surface area contributed by atoms with Crippen molar-refractivity contribution in [2.45, 2.75) is 13.0 Å². The average Bonchev–Trinajstić information content (AvgIpc) is 2.34. The molecule has 5 nitrogen and oxygen atoms in total. The van der Waals surface area contributed by atoms with Gasteiger partial charge in [0, 0.05) is 24.1 Å². The highest BCUT2D eigenvalue weighted by Crippen LogP contribution is 2.16. The lowest BCUT2D eigenvalue weighted by Gasteiger charge is -2.30. The summed E-state index contributed by atoms with van der Waals surface area (Å²) in [4.78, 5) is 12.1. The van der Waals surface area contributed by atoms with Gasteiger partial charge in [-0.2, -0.15) is 0 Å². The number of halogens is 1. The molecule has 2 rings (SSSR count). The largest absolute Gasteiger partial charge is 0.367 e. The van der Waals surface area contributed by atoms with Gasteiger partial charge in [0.1, 0.15) is 0 Å². The number of benzene rings is 1. The van der Waals surface area contributed by atoms with Crippen molar-refractivity contribution in [3.8, 4) is 0 Å². The summed E-state index contributed by atoms with van der Waals surface area (Å²) in [7, 11) is 0. The van der Waals surface area contributed by atoms with E-state index in [0.717, 1.165) is 35.7 Å². The SMILES string of the molecule is O=[N+]([O-])C=C1NCCCN1Cc1ccc(Br)cc1. The second-order valence-electron chi connectivity index (χ2n) is 4.13. The van der Waals surface area contributed by atoms with Gasteiger partial charge in [-0.1, -0.05) is 28.1 Å². The van der Waals surface area contributed by atoms with Crippen LogP contribution in [-0.4, -0.2) is 22.9 Å². The Morgan fingerprint density at radius 3 is 2.83 bits per heavy atom. The zero-order valence-electron chi connectivity index (χ0n) is 9.80. The third-order valence-electron chi connectivity index (χ3n) is 2.77. The second-order valence-corrected chi connectivity index (χ2v) is 5.04. The minimum absolute atomic E-state index is 0.414. The number of nitro groups is 1.